The van der Waals surface area contributed by atoms with E-state index < -0.39 is 0 Å². The van der Waals surface area contributed by atoms with Crippen molar-refractivity contribution in [2.24, 2.45) is 5.41 Å². The molecule has 4 rings (SSSR count). The number of benzene rings is 2. The quantitative estimate of drug-likeness (QED) is 0.795. The first-order valence-electron chi connectivity index (χ1n) is 8.40. The van der Waals surface area contributed by atoms with E-state index in [1.165, 1.54) is 27.8 Å². The van der Waals surface area contributed by atoms with Gasteiger partial charge in [0, 0.05) is 5.41 Å². The summed E-state index contributed by atoms with van der Waals surface area (Å²) in [5.74, 6) is 1.05. The van der Waals surface area contributed by atoms with Crippen molar-refractivity contribution in [3.8, 4) is 11.5 Å². The number of phenols is 2. The van der Waals surface area contributed by atoms with Gasteiger partial charge in [0.15, 0.2) is 0 Å². The molecule has 0 fully saturated rings. The Morgan fingerprint density at radius 2 is 1.74 bits per heavy atom. The van der Waals surface area contributed by atoms with Crippen LogP contribution in [0.3, 0.4) is 0 Å². The Labute approximate surface area is 137 Å². The second kappa shape index (κ2) is 4.89. The monoisotopic (exact) mass is 306 g/mol. The molecule has 2 N–H and O–H groups in total. The SMILES string of the molecule is CC/C=C1\c2ccc(O)cc2C(C)C12Cc1ccc(O)cc1C2. The smallest absolute Gasteiger partial charge is 0.115 e. The van der Waals surface area contributed by atoms with E-state index in [9.17, 15) is 10.2 Å². The Hall–Kier alpha value is -2.22. The maximum Gasteiger partial charge on any atom is 0.115 e. The van der Waals surface area contributed by atoms with Crippen LogP contribution in [0, 0.1) is 5.41 Å². The third-order valence-corrected chi connectivity index (χ3v) is 5.77. The number of aromatic hydroxyl groups is 2. The molecule has 0 saturated carbocycles. The van der Waals surface area contributed by atoms with Crippen molar-refractivity contribution >= 4 is 5.57 Å². The highest BCUT2D eigenvalue weighted by molar-refractivity contribution is 5.81. The summed E-state index contributed by atoms with van der Waals surface area (Å²) in [6.45, 7) is 4.46. The zero-order valence-corrected chi connectivity index (χ0v) is 13.6. The number of hydrogen-bond donors (Lipinski definition) is 2. The molecule has 0 radical (unpaired) electrons. The van der Waals surface area contributed by atoms with Gasteiger partial charge in [-0.1, -0.05) is 32.1 Å². The van der Waals surface area contributed by atoms with E-state index in [0.29, 0.717) is 17.4 Å². The average molecular weight is 306 g/mol. The van der Waals surface area contributed by atoms with Gasteiger partial charge in [0.1, 0.15) is 11.5 Å². The molecule has 0 aromatic heterocycles. The van der Waals surface area contributed by atoms with Gasteiger partial charge in [0.05, 0.1) is 0 Å². The van der Waals surface area contributed by atoms with Gasteiger partial charge < -0.3 is 10.2 Å². The van der Waals surface area contributed by atoms with Crippen molar-refractivity contribution in [2.45, 2.75) is 39.0 Å². The van der Waals surface area contributed by atoms with Gasteiger partial charge in [-0.15, -0.1) is 0 Å². The molecule has 118 valence electrons. The molecule has 2 unspecified atom stereocenters. The lowest BCUT2D eigenvalue weighted by Gasteiger charge is -2.31. The summed E-state index contributed by atoms with van der Waals surface area (Å²) in [7, 11) is 0. The van der Waals surface area contributed by atoms with Crippen molar-refractivity contribution in [1.29, 1.82) is 0 Å². The number of fused-ring (bicyclic) bond motifs is 2. The number of hydrogen-bond acceptors (Lipinski definition) is 2. The third kappa shape index (κ3) is 1.94. The number of phenolic OH excluding ortho intramolecular Hbond substituents is 2. The van der Waals surface area contributed by atoms with E-state index in [1.807, 2.05) is 12.1 Å². The molecule has 2 aromatic rings. The Kier molecular flexibility index (Phi) is 3.06. The Morgan fingerprint density at radius 3 is 2.52 bits per heavy atom. The normalized spacial score (nSPS) is 26.7. The van der Waals surface area contributed by atoms with Crippen LogP contribution >= 0.6 is 0 Å². The number of rotatable bonds is 1. The minimum absolute atomic E-state index is 0.0578. The first-order valence-corrected chi connectivity index (χ1v) is 8.40. The molecule has 2 aliphatic rings. The molecule has 2 nitrogen and oxygen atoms in total. The van der Waals surface area contributed by atoms with E-state index in [0.717, 1.165) is 19.3 Å². The van der Waals surface area contributed by atoms with E-state index in [-0.39, 0.29) is 5.41 Å². The fraction of sp³-hybridized carbons (Fsp3) is 0.333. The van der Waals surface area contributed by atoms with Crippen LogP contribution in [0.2, 0.25) is 0 Å². The van der Waals surface area contributed by atoms with Gasteiger partial charge in [0.25, 0.3) is 0 Å². The second-order valence-corrected chi connectivity index (χ2v) is 6.98. The Morgan fingerprint density at radius 1 is 1.04 bits per heavy atom. The van der Waals surface area contributed by atoms with Crippen molar-refractivity contribution < 1.29 is 10.2 Å². The van der Waals surface area contributed by atoms with Gasteiger partial charge in [0.2, 0.25) is 0 Å². The fourth-order valence-corrected chi connectivity index (χ4v) is 4.66. The molecule has 2 aliphatic carbocycles. The van der Waals surface area contributed by atoms with Gasteiger partial charge in [-0.2, -0.15) is 0 Å². The second-order valence-electron chi connectivity index (χ2n) is 6.98. The minimum atomic E-state index is 0.0578. The van der Waals surface area contributed by atoms with E-state index in [1.54, 1.807) is 12.1 Å². The van der Waals surface area contributed by atoms with Crippen LogP contribution in [0.5, 0.6) is 11.5 Å². The van der Waals surface area contributed by atoms with Crippen molar-refractivity contribution in [1.82, 2.24) is 0 Å². The summed E-state index contributed by atoms with van der Waals surface area (Å²) in [6.07, 6.45) is 5.32. The Bertz CT molecular complexity index is 819. The molecule has 23 heavy (non-hydrogen) atoms. The lowest BCUT2D eigenvalue weighted by molar-refractivity contribution is 0.369. The first-order chi connectivity index (χ1) is 11.0. The minimum Gasteiger partial charge on any atom is -0.508 e. The summed E-state index contributed by atoms with van der Waals surface area (Å²) >= 11 is 0. The summed E-state index contributed by atoms with van der Waals surface area (Å²) < 4.78 is 0. The van der Waals surface area contributed by atoms with Gasteiger partial charge in [-0.25, -0.2) is 0 Å². The summed E-state index contributed by atoms with van der Waals surface area (Å²) in [4.78, 5) is 0. The molecule has 0 aliphatic heterocycles. The van der Waals surface area contributed by atoms with Gasteiger partial charge >= 0.3 is 0 Å². The Balaban J connectivity index is 1.88. The van der Waals surface area contributed by atoms with Crippen LogP contribution < -0.4 is 0 Å². The molecule has 0 bridgehead atoms. The highest BCUT2D eigenvalue weighted by atomic mass is 16.3. The summed E-state index contributed by atoms with van der Waals surface area (Å²) in [5, 5.41) is 19.7. The highest BCUT2D eigenvalue weighted by Crippen LogP contribution is 2.61. The molecule has 0 heterocycles. The van der Waals surface area contributed by atoms with Crippen molar-refractivity contribution in [3.05, 3.63) is 64.7 Å². The topological polar surface area (TPSA) is 40.5 Å². The highest BCUT2D eigenvalue weighted by Gasteiger charge is 2.50. The van der Waals surface area contributed by atoms with Gasteiger partial charge in [-0.3, -0.25) is 0 Å². The summed E-state index contributed by atoms with van der Waals surface area (Å²) in [5.41, 5.74) is 6.61. The van der Waals surface area contributed by atoms with Crippen LogP contribution in [0.1, 0.15) is 48.4 Å². The standard InChI is InChI=1S/C21H22O2/c1-3-4-20-18-8-7-17(23)10-19(18)13(2)21(20)11-14-5-6-16(22)9-15(14)12-21/h4-10,13,22-23H,3,11-12H2,1-2H3/b20-4+. The van der Waals surface area contributed by atoms with Gasteiger partial charge in [-0.05, 0) is 77.3 Å². The average Bonchev–Trinajstić information content (AvgIpc) is 3.00. The van der Waals surface area contributed by atoms with Crippen LogP contribution in [0.4, 0.5) is 0 Å². The molecule has 2 heteroatoms. The van der Waals surface area contributed by atoms with Crippen LogP contribution in [-0.2, 0) is 12.8 Å². The van der Waals surface area contributed by atoms with E-state index in [2.05, 4.69) is 32.1 Å². The molecule has 2 atom stereocenters. The van der Waals surface area contributed by atoms with Crippen molar-refractivity contribution in [2.75, 3.05) is 0 Å². The molecular formula is C21H22O2. The molecule has 0 saturated heterocycles. The summed E-state index contributed by atoms with van der Waals surface area (Å²) in [6, 6.07) is 11.6. The maximum absolute atomic E-state index is 9.92. The lowest BCUT2D eigenvalue weighted by atomic mass is 9.71. The van der Waals surface area contributed by atoms with Crippen LogP contribution in [0.15, 0.2) is 42.5 Å². The predicted octanol–water partition coefficient (Wildman–Crippen LogP) is 4.79. The van der Waals surface area contributed by atoms with Crippen molar-refractivity contribution in [3.63, 3.8) is 0 Å². The largest absolute Gasteiger partial charge is 0.508 e. The first kappa shape index (κ1) is 14.4. The lowest BCUT2D eigenvalue weighted by Crippen LogP contribution is -2.24. The fourth-order valence-electron chi connectivity index (χ4n) is 4.66. The zero-order valence-electron chi connectivity index (χ0n) is 13.6. The van der Waals surface area contributed by atoms with Crippen LogP contribution in [-0.4, -0.2) is 10.2 Å². The predicted molar refractivity (Wildman–Crippen MR) is 92.7 cm³/mol. The molecular weight excluding hydrogens is 284 g/mol. The van der Waals surface area contributed by atoms with E-state index in [4.69, 9.17) is 0 Å². The molecule has 0 amide bonds. The van der Waals surface area contributed by atoms with E-state index >= 15 is 0 Å². The third-order valence-electron chi connectivity index (χ3n) is 5.77. The molecule has 2 aromatic carbocycles. The zero-order chi connectivity index (χ0) is 16.2. The van der Waals surface area contributed by atoms with Crippen LogP contribution in [0.25, 0.3) is 5.57 Å². The number of allylic oxidation sites excluding steroid dienone is 2. The maximum atomic E-state index is 9.92. The molecule has 1 spiro atoms.